The summed E-state index contributed by atoms with van der Waals surface area (Å²) >= 11 is 2.52. The van der Waals surface area contributed by atoms with Gasteiger partial charge in [-0.15, -0.1) is 35.5 Å². The second-order valence-electron chi connectivity index (χ2n) is 5.49. The lowest BCUT2D eigenvalue weighted by Gasteiger charge is -2.49. The van der Waals surface area contributed by atoms with E-state index < -0.39 is 29.2 Å². The molecule has 13 heteroatoms. The summed E-state index contributed by atoms with van der Waals surface area (Å²) in [6, 6.07) is -0.854. The molecule has 0 radical (unpaired) electrons. The highest BCUT2D eigenvalue weighted by molar-refractivity contribution is 8.00. The smallest absolute Gasteiger partial charge is 0.352 e. The minimum Gasteiger partial charge on any atom is -0.477 e. The summed E-state index contributed by atoms with van der Waals surface area (Å²) < 4.78 is 0. The van der Waals surface area contributed by atoms with Gasteiger partial charge >= 0.3 is 5.97 Å². The van der Waals surface area contributed by atoms with Crippen molar-refractivity contribution in [3.05, 3.63) is 22.3 Å². The molecule has 0 aliphatic carbocycles. The number of hydrogen-bond donors (Lipinski definition) is 3. The average molecular weight is 434 g/mol. The van der Waals surface area contributed by atoms with Gasteiger partial charge in [0.2, 0.25) is 0 Å². The Balaban J connectivity index is 0.00000261. The van der Waals surface area contributed by atoms with Crippen molar-refractivity contribution in [3.8, 4) is 0 Å². The van der Waals surface area contributed by atoms with Gasteiger partial charge in [0.05, 0.1) is 0 Å². The van der Waals surface area contributed by atoms with Gasteiger partial charge in [-0.2, -0.15) is 0 Å². The molecule has 27 heavy (non-hydrogen) atoms. The summed E-state index contributed by atoms with van der Waals surface area (Å²) in [6.45, 7) is 1.67. The van der Waals surface area contributed by atoms with E-state index in [1.807, 2.05) is 0 Å². The van der Waals surface area contributed by atoms with E-state index in [0.29, 0.717) is 11.3 Å². The number of fused-ring (bicyclic) bond motifs is 1. The van der Waals surface area contributed by atoms with Gasteiger partial charge in [-0.25, -0.2) is 9.78 Å². The fourth-order valence-corrected chi connectivity index (χ4v) is 4.52. The largest absolute Gasteiger partial charge is 0.477 e. The lowest BCUT2D eigenvalue weighted by Crippen LogP contribution is -2.71. The first kappa shape index (κ1) is 21.0. The predicted molar refractivity (Wildman–Crippen MR) is 103 cm³/mol. The Kier molecular flexibility index (Phi) is 6.34. The fraction of sp³-hybridized carbons (Fsp3) is 0.357. The molecular weight excluding hydrogens is 418 g/mol. The molecule has 3 heterocycles. The first-order chi connectivity index (χ1) is 12.3. The molecule has 4 N–H and O–H groups in total. The maximum atomic E-state index is 12.5. The number of aromatic nitrogens is 1. The number of β-lactam (4-membered cyclic amide) rings is 1. The van der Waals surface area contributed by atoms with E-state index in [0.717, 1.165) is 11.3 Å². The van der Waals surface area contributed by atoms with E-state index >= 15 is 0 Å². The molecule has 10 nitrogen and oxygen atoms in total. The van der Waals surface area contributed by atoms with E-state index in [1.54, 1.807) is 12.3 Å². The molecule has 3 rings (SSSR count). The topological polar surface area (TPSA) is 147 Å². The molecule has 2 aliphatic rings. The number of aliphatic carboxylic acids is 1. The highest BCUT2D eigenvalue weighted by Gasteiger charge is 2.54. The number of hydrogen-bond acceptors (Lipinski definition) is 9. The van der Waals surface area contributed by atoms with Crippen LogP contribution in [-0.2, 0) is 19.2 Å². The highest BCUT2D eigenvalue weighted by Crippen LogP contribution is 2.40. The van der Waals surface area contributed by atoms with Crippen LogP contribution in [0.15, 0.2) is 21.8 Å². The number of anilines is 1. The van der Waals surface area contributed by atoms with Gasteiger partial charge in [0, 0.05) is 11.1 Å². The van der Waals surface area contributed by atoms with Gasteiger partial charge in [-0.05, 0) is 12.5 Å². The number of nitrogens with zero attached hydrogens (tertiary/aromatic N) is 3. The SMILES string of the molecule is CO/N=C(\C(=O)NC1C(=O)N2C(C(=O)O)=C(C)CS[C@H]12)c1csc(N)n1.Cl. The molecule has 146 valence electrons. The van der Waals surface area contributed by atoms with Gasteiger partial charge in [0.1, 0.15) is 29.9 Å². The second kappa shape index (κ2) is 8.15. The molecule has 1 saturated heterocycles. The zero-order valence-corrected chi connectivity index (χ0v) is 16.6. The van der Waals surface area contributed by atoms with Crippen LogP contribution in [0.4, 0.5) is 5.13 Å². The molecule has 1 aromatic rings. The minimum absolute atomic E-state index is 0. The molecule has 0 aromatic carbocycles. The Morgan fingerprint density at radius 3 is 2.78 bits per heavy atom. The number of carboxylic acids is 1. The van der Waals surface area contributed by atoms with Crippen LogP contribution in [0, 0.1) is 0 Å². The number of rotatable bonds is 5. The Morgan fingerprint density at radius 2 is 2.22 bits per heavy atom. The van der Waals surface area contributed by atoms with Crippen LogP contribution in [-0.4, -0.2) is 62.8 Å². The quantitative estimate of drug-likeness (QED) is 0.340. The van der Waals surface area contributed by atoms with E-state index in [9.17, 15) is 19.5 Å². The summed E-state index contributed by atoms with van der Waals surface area (Å²) in [5.74, 6) is -1.84. The number of carbonyl (C=O) groups is 3. The number of nitrogens with two attached hydrogens (primary N) is 1. The van der Waals surface area contributed by atoms with Gasteiger partial charge in [0.15, 0.2) is 10.8 Å². The van der Waals surface area contributed by atoms with Crippen LogP contribution in [0.2, 0.25) is 0 Å². The van der Waals surface area contributed by atoms with E-state index in [-0.39, 0.29) is 34.6 Å². The maximum Gasteiger partial charge on any atom is 0.352 e. The number of carbonyl (C=O) groups excluding carboxylic acids is 2. The number of oxime groups is 1. The van der Waals surface area contributed by atoms with Gasteiger partial charge in [-0.3, -0.25) is 14.5 Å². The van der Waals surface area contributed by atoms with Crippen molar-refractivity contribution in [2.75, 3.05) is 18.6 Å². The van der Waals surface area contributed by atoms with Crippen LogP contribution in [0.1, 0.15) is 12.6 Å². The van der Waals surface area contributed by atoms with Crippen molar-refractivity contribution in [1.82, 2.24) is 15.2 Å². The first-order valence-electron chi connectivity index (χ1n) is 7.36. The predicted octanol–water partition coefficient (Wildman–Crippen LogP) is 0.256. The third kappa shape index (κ3) is 3.73. The number of amides is 2. The average Bonchev–Trinajstić information content (AvgIpc) is 3.02. The molecule has 1 unspecified atom stereocenters. The Hall–Kier alpha value is -2.31. The molecular formula is C14H16ClN5O5S2. The lowest BCUT2D eigenvalue weighted by atomic mass is 10.0. The number of nitrogen functional groups attached to an aromatic ring is 1. The summed E-state index contributed by atoms with van der Waals surface area (Å²) in [4.78, 5) is 46.2. The van der Waals surface area contributed by atoms with Crippen molar-refractivity contribution < 1.29 is 24.3 Å². The molecule has 1 fully saturated rings. The summed E-state index contributed by atoms with van der Waals surface area (Å²) in [5, 5.41) is 16.9. The van der Waals surface area contributed by atoms with Crippen LogP contribution >= 0.6 is 35.5 Å². The zero-order chi connectivity index (χ0) is 19.0. The molecule has 0 saturated carbocycles. The minimum atomic E-state index is -1.16. The van der Waals surface area contributed by atoms with Crippen molar-refractivity contribution >= 4 is 64.1 Å². The molecule has 0 spiro atoms. The van der Waals surface area contributed by atoms with Crippen molar-refractivity contribution in [1.29, 1.82) is 0 Å². The number of thioether (sulfide) groups is 1. The van der Waals surface area contributed by atoms with Gasteiger partial charge in [0.25, 0.3) is 11.8 Å². The standard InChI is InChI=1S/C14H15N5O5S2.ClH/c1-5-3-25-12-8(11(21)19(12)9(5)13(22)23)17-10(20)7(18-24-2)6-4-26-14(15)16-6;/h4,8,12H,3H2,1-2H3,(H2,15,16)(H,17,20)(H,22,23);1H/b18-7-;/t8?,12-;/m1./s1. The monoisotopic (exact) mass is 433 g/mol. The maximum absolute atomic E-state index is 12.5. The Morgan fingerprint density at radius 1 is 1.52 bits per heavy atom. The zero-order valence-electron chi connectivity index (χ0n) is 14.2. The van der Waals surface area contributed by atoms with Crippen molar-refractivity contribution in [2.45, 2.75) is 18.3 Å². The molecule has 1 aromatic heterocycles. The fourth-order valence-electron chi connectivity index (χ4n) is 2.68. The first-order valence-corrected chi connectivity index (χ1v) is 9.29. The number of nitrogens with one attached hydrogen (secondary N) is 1. The second-order valence-corrected chi connectivity index (χ2v) is 7.48. The third-order valence-electron chi connectivity index (χ3n) is 3.81. The molecule has 2 aliphatic heterocycles. The summed E-state index contributed by atoms with van der Waals surface area (Å²) in [7, 11) is 1.28. The molecule has 0 bridgehead atoms. The summed E-state index contributed by atoms with van der Waals surface area (Å²) in [5.41, 5.74) is 6.27. The van der Waals surface area contributed by atoms with Gasteiger partial charge in [-0.1, -0.05) is 5.16 Å². The lowest BCUT2D eigenvalue weighted by molar-refractivity contribution is -0.150. The van der Waals surface area contributed by atoms with Gasteiger partial charge < -0.3 is 21.0 Å². The van der Waals surface area contributed by atoms with Crippen molar-refractivity contribution in [3.63, 3.8) is 0 Å². The third-order valence-corrected chi connectivity index (χ3v) is 5.91. The summed E-state index contributed by atoms with van der Waals surface area (Å²) in [6.07, 6.45) is 0. The van der Waals surface area contributed by atoms with E-state index in [2.05, 4.69) is 20.3 Å². The van der Waals surface area contributed by atoms with Crippen LogP contribution < -0.4 is 11.1 Å². The number of carboxylic acid groups (broad SMARTS) is 1. The van der Waals surface area contributed by atoms with E-state index in [4.69, 9.17) is 5.73 Å². The Labute approximate surface area is 168 Å². The Bertz CT molecular complexity index is 855. The normalized spacial score (nSPS) is 21.8. The van der Waals surface area contributed by atoms with Crippen LogP contribution in [0.5, 0.6) is 0 Å². The molecule has 2 amide bonds. The number of thiazole rings is 1. The van der Waals surface area contributed by atoms with Crippen LogP contribution in [0.25, 0.3) is 0 Å². The highest BCUT2D eigenvalue weighted by atomic mass is 35.5. The number of halogens is 1. The van der Waals surface area contributed by atoms with E-state index in [1.165, 1.54) is 23.8 Å². The molecule has 2 atom stereocenters. The van der Waals surface area contributed by atoms with Crippen molar-refractivity contribution in [2.24, 2.45) is 5.16 Å². The van der Waals surface area contributed by atoms with Crippen LogP contribution in [0.3, 0.4) is 0 Å².